The SMILES string of the molecule is CC(C)(C#N)c1nc(-c2cccc(N)c2)cs1. The molecular weight excluding hydrogens is 230 g/mol. The topological polar surface area (TPSA) is 62.7 Å². The molecule has 1 aromatic carbocycles. The first kappa shape index (κ1) is 11.6. The van der Waals surface area contributed by atoms with Gasteiger partial charge in [-0.15, -0.1) is 11.3 Å². The molecule has 1 heterocycles. The van der Waals surface area contributed by atoms with Crippen molar-refractivity contribution in [2.24, 2.45) is 0 Å². The molecule has 17 heavy (non-hydrogen) atoms. The Balaban J connectivity index is 2.41. The summed E-state index contributed by atoms with van der Waals surface area (Å²) in [7, 11) is 0. The third kappa shape index (κ3) is 2.29. The smallest absolute Gasteiger partial charge is 0.113 e. The number of thiazole rings is 1. The number of hydrogen-bond acceptors (Lipinski definition) is 4. The number of hydrogen-bond donors (Lipinski definition) is 1. The maximum atomic E-state index is 9.07. The normalized spacial score (nSPS) is 11.1. The van der Waals surface area contributed by atoms with Gasteiger partial charge in [0, 0.05) is 16.6 Å². The van der Waals surface area contributed by atoms with Crippen LogP contribution in [0.15, 0.2) is 29.6 Å². The molecule has 0 aliphatic rings. The zero-order valence-corrected chi connectivity index (χ0v) is 10.6. The van der Waals surface area contributed by atoms with Gasteiger partial charge in [0.25, 0.3) is 0 Å². The van der Waals surface area contributed by atoms with Crippen LogP contribution in [0.2, 0.25) is 0 Å². The van der Waals surface area contributed by atoms with Crippen LogP contribution in [0, 0.1) is 11.3 Å². The second-order valence-corrected chi connectivity index (χ2v) is 5.26. The van der Waals surface area contributed by atoms with Crippen molar-refractivity contribution in [3.63, 3.8) is 0 Å². The van der Waals surface area contributed by atoms with E-state index in [1.54, 1.807) is 0 Å². The van der Waals surface area contributed by atoms with E-state index in [4.69, 9.17) is 11.0 Å². The summed E-state index contributed by atoms with van der Waals surface area (Å²) in [6, 6.07) is 9.86. The van der Waals surface area contributed by atoms with Gasteiger partial charge in [-0.2, -0.15) is 5.26 Å². The van der Waals surface area contributed by atoms with Crippen molar-refractivity contribution in [1.82, 2.24) is 4.98 Å². The lowest BCUT2D eigenvalue weighted by atomic mass is 9.97. The summed E-state index contributed by atoms with van der Waals surface area (Å²) in [5, 5.41) is 11.9. The number of rotatable bonds is 2. The Morgan fingerprint density at radius 3 is 2.82 bits per heavy atom. The molecule has 0 atom stereocenters. The fourth-order valence-corrected chi connectivity index (χ4v) is 2.34. The van der Waals surface area contributed by atoms with E-state index in [1.807, 2.05) is 43.5 Å². The average Bonchev–Trinajstić information content (AvgIpc) is 2.79. The lowest BCUT2D eigenvalue weighted by Crippen LogP contribution is -2.13. The maximum absolute atomic E-state index is 9.07. The highest BCUT2D eigenvalue weighted by molar-refractivity contribution is 7.10. The lowest BCUT2D eigenvalue weighted by molar-refractivity contribution is 0.680. The van der Waals surface area contributed by atoms with Gasteiger partial charge in [0.05, 0.1) is 11.8 Å². The summed E-state index contributed by atoms with van der Waals surface area (Å²) in [6.07, 6.45) is 0. The molecule has 2 aromatic rings. The Hall–Kier alpha value is -1.86. The van der Waals surface area contributed by atoms with Crippen molar-refractivity contribution in [2.75, 3.05) is 5.73 Å². The van der Waals surface area contributed by atoms with E-state index in [0.29, 0.717) is 0 Å². The zero-order chi connectivity index (χ0) is 12.5. The highest BCUT2D eigenvalue weighted by Gasteiger charge is 2.23. The van der Waals surface area contributed by atoms with Crippen LogP contribution in [0.3, 0.4) is 0 Å². The first-order chi connectivity index (χ1) is 8.03. The summed E-state index contributed by atoms with van der Waals surface area (Å²) in [6.45, 7) is 3.74. The van der Waals surface area contributed by atoms with Gasteiger partial charge in [-0.1, -0.05) is 12.1 Å². The standard InChI is InChI=1S/C13H13N3S/c1-13(2,8-14)12-16-11(7-17-12)9-4-3-5-10(15)6-9/h3-7H,15H2,1-2H3. The van der Waals surface area contributed by atoms with Crippen molar-refractivity contribution < 1.29 is 0 Å². The third-order valence-electron chi connectivity index (χ3n) is 2.50. The Morgan fingerprint density at radius 2 is 2.18 bits per heavy atom. The molecule has 0 bridgehead atoms. The minimum Gasteiger partial charge on any atom is -0.399 e. The van der Waals surface area contributed by atoms with Crippen LogP contribution in [-0.4, -0.2) is 4.98 Å². The number of benzene rings is 1. The van der Waals surface area contributed by atoms with Crippen LogP contribution < -0.4 is 5.73 Å². The molecule has 0 saturated carbocycles. The number of nitrogens with two attached hydrogens (primary N) is 1. The van der Waals surface area contributed by atoms with Crippen molar-refractivity contribution in [1.29, 1.82) is 5.26 Å². The zero-order valence-electron chi connectivity index (χ0n) is 9.77. The average molecular weight is 243 g/mol. The monoisotopic (exact) mass is 243 g/mol. The number of nitrogens with zero attached hydrogens (tertiary/aromatic N) is 2. The van der Waals surface area contributed by atoms with Gasteiger partial charge in [-0.05, 0) is 26.0 Å². The molecule has 2 N–H and O–H groups in total. The number of anilines is 1. The molecule has 0 unspecified atom stereocenters. The molecule has 2 rings (SSSR count). The maximum Gasteiger partial charge on any atom is 0.113 e. The van der Waals surface area contributed by atoms with E-state index in [0.717, 1.165) is 22.0 Å². The number of aromatic nitrogens is 1. The molecule has 0 fully saturated rings. The summed E-state index contributed by atoms with van der Waals surface area (Å²) in [4.78, 5) is 4.50. The first-order valence-corrected chi connectivity index (χ1v) is 6.14. The van der Waals surface area contributed by atoms with Gasteiger partial charge in [0.1, 0.15) is 10.4 Å². The fourth-order valence-electron chi connectivity index (χ4n) is 1.44. The van der Waals surface area contributed by atoms with Gasteiger partial charge in [0.15, 0.2) is 0 Å². The molecule has 0 saturated heterocycles. The number of nitriles is 1. The summed E-state index contributed by atoms with van der Waals surface area (Å²) in [5.41, 5.74) is 7.78. The van der Waals surface area contributed by atoms with E-state index in [-0.39, 0.29) is 0 Å². The van der Waals surface area contributed by atoms with Gasteiger partial charge in [-0.3, -0.25) is 0 Å². The largest absolute Gasteiger partial charge is 0.399 e. The highest BCUT2D eigenvalue weighted by atomic mass is 32.1. The van der Waals surface area contributed by atoms with Crippen molar-refractivity contribution in [3.8, 4) is 17.3 Å². The van der Waals surface area contributed by atoms with Gasteiger partial charge in [-0.25, -0.2) is 4.98 Å². The van der Waals surface area contributed by atoms with Crippen LogP contribution >= 0.6 is 11.3 Å². The van der Waals surface area contributed by atoms with E-state index < -0.39 is 5.41 Å². The van der Waals surface area contributed by atoms with Gasteiger partial charge >= 0.3 is 0 Å². The number of nitrogen functional groups attached to an aromatic ring is 1. The van der Waals surface area contributed by atoms with Crippen LogP contribution in [0.25, 0.3) is 11.3 Å². The molecule has 3 nitrogen and oxygen atoms in total. The van der Waals surface area contributed by atoms with Crippen molar-refractivity contribution >= 4 is 17.0 Å². The second kappa shape index (κ2) is 4.19. The quantitative estimate of drug-likeness (QED) is 0.824. The summed E-state index contributed by atoms with van der Waals surface area (Å²) >= 11 is 1.51. The molecule has 0 spiro atoms. The third-order valence-corrected chi connectivity index (χ3v) is 3.67. The van der Waals surface area contributed by atoms with Crippen LogP contribution in [0.4, 0.5) is 5.69 Å². The molecule has 86 valence electrons. The van der Waals surface area contributed by atoms with Crippen molar-refractivity contribution in [2.45, 2.75) is 19.3 Å². The summed E-state index contributed by atoms with van der Waals surface area (Å²) in [5.74, 6) is 0. The Kier molecular flexibility index (Phi) is 2.86. The minimum absolute atomic E-state index is 0.538. The van der Waals surface area contributed by atoms with E-state index >= 15 is 0 Å². The first-order valence-electron chi connectivity index (χ1n) is 5.26. The lowest BCUT2D eigenvalue weighted by Gasteiger charge is -2.09. The Bertz CT molecular complexity index is 578. The van der Waals surface area contributed by atoms with Gasteiger partial charge in [0.2, 0.25) is 0 Å². The van der Waals surface area contributed by atoms with Crippen molar-refractivity contribution in [3.05, 3.63) is 34.7 Å². The second-order valence-electron chi connectivity index (χ2n) is 4.40. The molecular formula is C13H13N3S. The molecule has 0 radical (unpaired) electrons. The Labute approximate surface area is 105 Å². The van der Waals surface area contributed by atoms with Crippen LogP contribution in [0.5, 0.6) is 0 Å². The predicted octanol–water partition coefficient (Wildman–Crippen LogP) is 3.19. The molecule has 0 aliphatic heterocycles. The highest BCUT2D eigenvalue weighted by Crippen LogP contribution is 2.30. The predicted molar refractivity (Wildman–Crippen MR) is 70.6 cm³/mol. The molecule has 0 amide bonds. The van der Waals surface area contributed by atoms with Crippen LogP contribution in [0.1, 0.15) is 18.9 Å². The van der Waals surface area contributed by atoms with E-state index in [1.165, 1.54) is 11.3 Å². The molecule has 0 aliphatic carbocycles. The summed E-state index contributed by atoms with van der Waals surface area (Å²) < 4.78 is 0. The molecule has 1 aromatic heterocycles. The Morgan fingerprint density at radius 1 is 1.41 bits per heavy atom. The fraction of sp³-hybridized carbons (Fsp3) is 0.231. The van der Waals surface area contributed by atoms with E-state index in [9.17, 15) is 0 Å². The molecule has 4 heteroatoms. The minimum atomic E-state index is -0.538. The van der Waals surface area contributed by atoms with E-state index in [2.05, 4.69) is 11.1 Å². The van der Waals surface area contributed by atoms with Crippen LogP contribution in [-0.2, 0) is 5.41 Å². The van der Waals surface area contributed by atoms with Gasteiger partial charge < -0.3 is 5.73 Å².